The lowest BCUT2D eigenvalue weighted by Crippen LogP contribution is -2.49. The predicted molar refractivity (Wildman–Crippen MR) is 75.9 cm³/mol. The van der Waals surface area contributed by atoms with E-state index in [-0.39, 0.29) is 0 Å². The highest BCUT2D eigenvalue weighted by molar-refractivity contribution is 5.90. The Morgan fingerprint density at radius 3 is 2.21 bits per heavy atom. The van der Waals surface area contributed by atoms with Gasteiger partial charge in [-0.05, 0) is 62.2 Å². The molecule has 0 aliphatic heterocycles. The maximum atomic E-state index is 13.0. The van der Waals surface area contributed by atoms with Crippen molar-refractivity contribution in [1.29, 1.82) is 0 Å². The minimum atomic E-state index is -0.440. The van der Waals surface area contributed by atoms with Crippen LogP contribution in [0.4, 0.5) is 0 Å². The molecule has 2 nitrogen and oxygen atoms in total. The first-order chi connectivity index (χ1) is 8.96. The number of methoxy groups -OCH3 is 1. The van der Waals surface area contributed by atoms with Gasteiger partial charge in [0.25, 0.3) is 0 Å². The third kappa shape index (κ3) is 2.26. The molecule has 3 atom stereocenters. The van der Waals surface area contributed by atoms with Crippen molar-refractivity contribution in [2.45, 2.75) is 70.8 Å². The number of carbonyl (C=O) groups excluding carboxylic acids is 1. The Balaban J connectivity index is 1.74. The third-order valence-electron chi connectivity index (χ3n) is 6.33. The van der Waals surface area contributed by atoms with Gasteiger partial charge in [-0.15, -0.1) is 0 Å². The fourth-order valence-electron chi connectivity index (χ4n) is 4.79. The number of carbonyl (C=O) groups is 1. The highest BCUT2D eigenvalue weighted by Gasteiger charge is 2.51. The van der Waals surface area contributed by atoms with Crippen molar-refractivity contribution in [2.24, 2.45) is 23.2 Å². The van der Waals surface area contributed by atoms with Gasteiger partial charge in [0.15, 0.2) is 5.78 Å². The Bertz CT molecular complexity index is 361. The van der Waals surface area contributed by atoms with Gasteiger partial charge in [-0.25, -0.2) is 0 Å². The van der Waals surface area contributed by atoms with Crippen LogP contribution in [-0.2, 0) is 9.53 Å². The maximum absolute atomic E-state index is 13.0. The summed E-state index contributed by atoms with van der Waals surface area (Å²) in [6, 6.07) is 0. The van der Waals surface area contributed by atoms with Gasteiger partial charge in [-0.3, -0.25) is 4.79 Å². The molecule has 3 aliphatic rings. The van der Waals surface area contributed by atoms with Crippen LogP contribution in [0.25, 0.3) is 0 Å². The molecule has 19 heavy (non-hydrogen) atoms. The largest absolute Gasteiger partial charge is 0.370 e. The first-order valence-electron chi connectivity index (χ1n) is 8.05. The lowest BCUT2D eigenvalue weighted by atomic mass is 9.66. The van der Waals surface area contributed by atoms with E-state index in [9.17, 15) is 4.79 Å². The van der Waals surface area contributed by atoms with E-state index in [0.717, 1.165) is 38.0 Å². The summed E-state index contributed by atoms with van der Waals surface area (Å²) in [4.78, 5) is 13.0. The van der Waals surface area contributed by atoms with Gasteiger partial charge in [0.1, 0.15) is 5.60 Å². The summed E-state index contributed by atoms with van der Waals surface area (Å²) in [5, 5.41) is 0. The minimum absolute atomic E-state index is 0.319. The van der Waals surface area contributed by atoms with Crippen molar-refractivity contribution in [1.82, 2.24) is 0 Å². The van der Waals surface area contributed by atoms with Crippen molar-refractivity contribution in [3.63, 3.8) is 0 Å². The minimum Gasteiger partial charge on any atom is -0.370 e. The number of hydrogen-bond donors (Lipinski definition) is 0. The van der Waals surface area contributed by atoms with Crippen LogP contribution in [0, 0.1) is 23.2 Å². The molecule has 3 rings (SSSR count). The maximum Gasteiger partial charge on any atom is 0.167 e. The molecule has 0 radical (unpaired) electrons. The van der Waals surface area contributed by atoms with Gasteiger partial charge >= 0.3 is 0 Å². The van der Waals surface area contributed by atoms with E-state index >= 15 is 0 Å². The van der Waals surface area contributed by atoms with Crippen molar-refractivity contribution in [3.05, 3.63) is 0 Å². The summed E-state index contributed by atoms with van der Waals surface area (Å²) in [5.41, 5.74) is -0.0539. The molecule has 3 saturated carbocycles. The van der Waals surface area contributed by atoms with Crippen LogP contribution in [0.2, 0.25) is 0 Å². The molecule has 0 aromatic heterocycles. The predicted octanol–water partition coefficient (Wildman–Crippen LogP) is 3.98. The normalized spacial score (nSPS) is 39.4. The summed E-state index contributed by atoms with van der Waals surface area (Å²) in [7, 11) is 1.75. The smallest absolute Gasteiger partial charge is 0.167 e. The Kier molecular flexibility index (Phi) is 3.28. The van der Waals surface area contributed by atoms with E-state index in [2.05, 4.69) is 13.8 Å². The molecule has 0 N–H and O–H groups in total. The summed E-state index contributed by atoms with van der Waals surface area (Å²) >= 11 is 0. The number of fused-ring (bicyclic) bond motifs is 2. The second kappa shape index (κ2) is 4.58. The second-order valence-corrected chi connectivity index (χ2v) is 8.01. The first kappa shape index (κ1) is 13.6. The molecule has 108 valence electrons. The van der Waals surface area contributed by atoms with E-state index < -0.39 is 5.60 Å². The molecule has 0 aromatic carbocycles. The zero-order chi connectivity index (χ0) is 13.7. The Morgan fingerprint density at radius 1 is 1.05 bits per heavy atom. The van der Waals surface area contributed by atoms with Crippen LogP contribution in [0.3, 0.4) is 0 Å². The molecule has 2 heteroatoms. The number of hydrogen-bond acceptors (Lipinski definition) is 2. The molecule has 0 aromatic rings. The summed E-state index contributed by atoms with van der Waals surface area (Å²) in [5.74, 6) is 2.30. The number of rotatable bonds is 3. The topological polar surface area (TPSA) is 26.3 Å². The zero-order valence-corrected chi connectivity index (χ0v) is 12.7. The van der Waals surface area contributed by atoms with Crippen LogP contribution < -0.4 is 0 Å². The molecule has 2 bridgehead atoms. The van der Waals surface area contributed by atoms with Crippen molar-refractivity contribution in [2.75, 3.05) is 7.11 Å². The van der Waals surface area contributed by atoms with Crippen LogP contribution in [0.15, 0.2) is 0 Å². The van der Waals surface area contributed by atoms with E-state index in [1.807, 2.05) is 0 Å². The Morgan fingerprint density at radius 2 is 1.74 bits per heavy atom. The van der Waals surface area contributed by atoms with E-state index in [1.54, 1.807) is 7.11 Å². The quantitative estimate of drug-likeness (QED) is 0.770. The van der Waals surface area contributed by atoms with E-state index in [1.165, 1.54) is 19.3 Å². The fourth-order valence-corrected chi connectivity index (χ4v) is 4.79. The number of Topliss-reactive ketones (excluding diaryl/α,β-unsaturated/α-hetero) is 1. The fraction of sp³-hybridized carbons (Fsp3) is 0.941. The Labute approximate surface area is 117 Å². The van der Waals surface area contributed by atoms with E-state index in [4.69, 9.17) is 4.74 Å². The summed E-state index contributed by atoms with van der Waals surface area (Å²) < 4.78 is 5.80. The van der Waals surface area contributed by atoms with Gasteiger partial charge in [0, 0.05) is 13.0 Å². The standard InChI is InChI=1S/C17H28O2/c1-16(2)6-8-17(19-3,9-7-16)15(18)14-11-12-4-5-13(14)10-12/h12-14H,4-11H2,1-3H3. The lowest BCUT2D eigenvalue weighted by molar-refractivity contribution is -0.154. The van der Waals surface area contributed by atoms with E-state index in [0.29, 0.717) is 23.0 Å². The molecule has 3 aliphatic carbocycles. The summed E-state index contributed by atoms with van der Waals surface area (Å²) in [6.07, 6.45) is 9.21. The molecular weight excluding hydrogens is 236 g/mol. The monoisotopic (exact) mass is 264 g/mol. The third-order valence-corrected chi connectivity index (χ3v) is 6.33. The Hall–Kier alpha value is -0.370. The molecule has 3 unspecified atom stereocenters. The van der Waals surface area contributed by atoms with Crippen LogP contribution in [-0.4, -0.2) is 18.5 Å². The molecule has 0 saturated heterocycles. The second-order valence-electron chi connectivity index (χ2n) is 8.01. The SMILES string of the molecule is COC1(C(=O)C2CC3CCC2C3)CCC(C)(C)CC1. The molecule has 0 heterocycles. The molecule has 0 amide bonds. The van der Waals surface area contributed by atoms with Crippen LogP contribution >= 0.6 is 0 Å². The van der Waals surface area contributed by atoms with Gasteiger partial charge in [0.2, 0.25) is 0 Å². The zero-order valence-electron chi connectivity index (χ0n) is 12.7. The average Bonchev–Trinajstić information content (AvgIpc) is 3.01. The van der Waals surface area contributed by atoms with Gasteiger partial charge < -0.3 is 4.74 Å². The highest BCUT2D eigenvalue weighted by atomic mass is 16.5. The van der Waals surface area contributed by atoms with Gasteiger partial charge in [-0.1, -0.05) is 20.3 Å². The van der Waals surface area contributed by atoms with Gasteiger partial charge in [0.05, 0.1) is 0 Å². The summed E-state index contributed by atoms with van der Waals surface area (Å²) in [6.45, 7) is 4.63. The van der Waals surface area contributed by atoms with Crippen LogP contribution in [0.1, 0.15) is 65.2 Å². The first-order valence-corrected chi connectivity index (χ1v) is 8.05. The molecule has 0 spiro atoms. The van der Waals surface area contributed by atoms with Crippen molar-refractivity contribution in [3.8, 4) is 0 Å². The average molecular weight is 264 g/mol. The van der Waals surface area contributed by atoms with Crippen LogP contribution in [0.5, 0.6) is 0 Å². The molecular formula is C17H28O2. The van der Waals surface area contributed by atoms with Gasteiger partial charge in [-0.2, -0.15) is 0 Å². The highest BCUT2D eigenvalue weighted by Crippen LogP contribution is 2.52. The van der Waals surface area contributed by atoms with Crippen molar-refractivity contribution >= 4 is 5.78 Å². The number of ketones is 1. The number of ether oxygens (including phenoxy) is 1. The van der Waals surface area contributed by atoms with Crippen molar-refractivity contribution < 1.29 is 9.53 Å². The molecule has 3 fully saturated rings. The lowest BCUT2D eigenvalue weighted by Gasteiger charge is -2.43.